The van der Waals surface area contributed by atoms with E-state index >= 15 is 0 Å². The summed E-state index contributed by atoms with van der Waals surface area (Å²) in [5, 5.41) is 8.89. The zero-order chi connectivity index (χ0) is 16.2. The number of ether oxygens (including phenoxy) is 1. The van der Waals surface area contributed by atoms with Crippen molar-refractivity contribution in [1.82, 2.24) is 5.32 Å². The highest BCUT2D eigenvalue weighted by molar-refractivity contribution is 6.40. The van der Waals surface area contributed by atoms with Gasteiger partial charge in [0.2, 0.25) is 5.91 Å². The number of carbonyl (C=O) groups is 2. The van der Waals surface area contributed by atoms with Crippen molar-refractivity contribution in [2.75, 3.05) is 18.2 Å². The van der Waals surface area contributed by atoms with Crippen molar-refractivity contribution in [2.24, 2.45) is 5.10 Å². The highest BCUT2D eigenvalue weighted by atomic mass is 35.5. The third-order valence-electron chi connectivity index (χ3n) is 3.88. The van der Waals surface area contributed by atoms with Crippen molar-refractivity contribution in [3.8, 4) is 0 Å². The van der Waals surface area contributed by atoms with Gasteiger partial charge in [-0.1, -0.05) is 11.6 Å². The third kappa shape index (κ3) is 3.89. The highest BCUT2D eigenvalue weighted by Gasteiger charge is 2.26. The van der Waals surface area contributed by atoms with E-state index in [1.165, 1.54) is 5.01 Å². The molecular formula is C16H18ClN3O3. The first-order valence-electron chi connectivity index (χ1n) is 7.69. The molecule has 122 valence electrons. The molecule has 3 rings (SSSR count). The number of hydrogen-bond donors (Lipinski definition) is 1. The van der Waals surface area contributed by atoms with Gasteiger partial charge in [0.1, 0.15) is 5.71 Å². The zero-order valence-electron chi connectivity index (χ0n) is 12.6. The van der Waals surface area contributed by atoms with Crippen LogP contribution in [0, 0.1) is 0 Å². The van der Waals surface area contributed by atoms with Crippen molar-refractivity contribution in [1.29, 1.82) is 0 Å². The lowest BCUT2D eigenvalue weighted by molar-refractivity contribution is -0.119. The number of rotatable bonds is 4. The van der Waals surface area contributed by atoms with Crippen LogP contribution in [0.3, 0.4) is 0 Å². The molecule has 0 aromatic heterocycles. The number of nitrogens with one attached hydrogen (secondary N) is 1. The molecular weight excluding hydrogens is 318 g/mol. The van der Waals surface area contributed by atoms with Gasteiger partial charge in [-0.25, -0.2) is 5.01 Å². The lowest BCUT2D eigenvalue weighted by Gasteiger charge is -2.23. The van der Waals surface area contributed by atoms with Crippen LogP contribution >= 0.6 is 11.6 Å². The number of anilines is 1. The Bertz CT molecular complexity index is 624. The molecule has 1 aromatic carbocycles. The van der Waals surface area contributed by atoms with Crippen LogP contribution in [-0.2, 0) is 14.3 Å². The summed E-state index contributed by atoms with van der Waals surface area (Å²) in [5.41, 5.74) is 0.959. The van der Waals surface area contributed by atoms with E-state index in [2.05, 4.69) is 10.4 Å². The van der Waals surface area contributed by atoms with Gasteiger partial charge in [0, 0.05) is 31.0 Å². The van der Waals surface area contributed by atoms with Crippen molar-refractivity contribution < 1.29 is 14.3 Å². The van der Waals surface area contributed by atoms with E-state index in [4.69, 9.17) is 16.3 Å². The average molecular weight is 336 g/mol. The lowest BCUT2D eigenvalue weighted by Crippen LogP contribution is -2.41. The Labute approximate surface area is 139 Å². The Kier molecular flexibility index (Phi) is 4.93. The van der Waals surface area contributed by atoms with E-state index in [1.807, 2.05) is 0 Å². The molecule has 7 heteroatoms. The largest absolute Gasteiger partial charge is 0.376 e. The fourth-order valence-electron chi connectivity index (χ4n) is 2.61. The van der Waals surface area contributed by atoms with E-state index in [1.54, 1.807) is 24.3 Å². The second-order valence-corrected chi connectivity index (χ2v) is 6.01. The summed E-state index contributed by atoms with van der Waals surface area (Å²) in [6.07, 6.45) is 2.68. The first-order chi connectivity index (χ1) is 11.1. The zero-order valence-corrected chi connectivity index (χ0v) is 13.4. The Balaban J connectivity index is 1.68. The van der Waals surface area contributed by atoms with Gasteiger partial charge >= 0.3 is 0 Å². The van der Waals surface area contributed by atoms with E-state index in [9.17, 15) is 9.59 Å². The summed E-state index contributed by atoms with van der Waals surface area (Å²) in [6, 6.07) is 6.78. The molecule has 1 atom stereocenters. The second-order valence-electron chi connectivity index (χ2n) is 5.57. The minimum atomic E-state index is -0.244. The molecule has 23 heavy (non-hydrogen) atoms. The van der Waals surface area contributed by atoms with Crippen LogP contribution in [0.5, 0.6) is 0 Å². The second kappa shape index (κ2) is 7.10. The quantitative estimate of drug-likeness (QED) is 0.916. The summed E-state index contributed by atoms with van der Waals surface area (Å²) in [5.74, 6) is -0.380. The molecule has 0 bridgehead atoms. The average Bonchev–Trinajstić information content (AvgIpc) is 3.07. The van der Waals surface area contributed by atoms with Crippen molar-refractivity contribution in [3.05, 3.63) is 29.3 Å². The molecule has 0 aliphatic carbocycles. The maximum Gasteiger partial charge on any atom is 0.267 e. The van der Waals surface area contributed by atoms with E-state index in [0.29, 0.717) is 29.4 Å². The predicted molar refractivity (Wildman–Crippen MR) is 87.6 cm³/mol. The maximum atomic E-state index is 12.2. The van der Waals surface area contributed by atoms with Crippen molar-refractivity contribution >= 4 is 34.8 Å². The molecule has 2 amide bonds. The molecule has 1 fully saturated rings. The molecule has 2 aliphatic heterocycles. The number of carbonyl (C=O) groups excluding carboxylic acids is 2. The fourth-order valence-corrected chi connectivity index (χ4v) is 2.74. The fraction of sp³-hybridized carbons (Fsp3) is 0.438. The Morgan fingerprint density at radius 1 is 1.35 bits per heavy atom. The van der Waals surface area contributed by atoms with Crippen LogP contribution in [0.1, 0.15) is 25.7 Å². The molecule has 2 heterocycles. The highest BCUT2D eigenvalue weighted by Crippen LogP contribution is 2.22. The first-order valence-corrected chi connectivity index (χ1v) is 8.07. The van der Waals surface area contributed by atoms with Gasteiger partial charge in [0.15, 0.2) is 0 Å². The number of amides is 2. The molecule has 2 aliphatic rings. The molecule has 0 saturated carbocycles. The van der Waals surface area contributed by atoms with Crippen LogP contribution in [0.4, 0.5) is 5.69 Å². The monoisotopic (exact) mass is 335 g/mol. The maximum absolute atomic E-state index is 12.2. The van der Waals surface area contributed by atoms with Crippen LogP contribution < -0.4 is 10.3 Å². The molecule has 1 unspecified atom stereocenters. The van der Waals surface area contributed by atoms with Gasteiger partial charge in [-0.2, -0.15) is 5.10 Å². The van der Waals surface area contributed by atoms with Crippen molar-refractivity contribution in [2.45, 2.75) is 31.8 Å². The smallest absolute Gasteiger partial charge is 0.267 e. The number of hydrazone groups is 1. The summed E-state index contributed by atoms with van der Waals surface area (Å²) < 4.78 is 5.48. The van der Waals surface area contributed by atoms with Gasteiger partial charge in [0.05, 0.1) is 11.8 Å². The minimum Gasteiger partial charge on any atom is -0.376 e. The van der Waals surface area contributed by atoms with Crippen LogP contribution in [0.25, 0.3) is 0 Å². The number of benzene rings is 1. The Morgan fingerprint density at radius 3 is 2.83 bits per heavy atom. The SMILES string of the molecule is O=C(NCC1CCCO1)C1=NN(c2ccc(Cl)cc2)C(=O)CC1. The summed E-state index contributed by atoms with van der Waals surface area (Å²) in [6.45, 7) is 1.23. The van der Waals surface area contributed by atoms with Gasteiger partial charge in [0.25, 0.3) is 5.91 Å². The molecule has 1 N–H and O–H groups in total. The summed E-state index contributed by atoms with van der Waals surface area (Å²) >= 11 is 5.85. The lowest BCUT2D eigenvalue weighted by atomic mass is 10.1. The minimum absolute atomic E-state index is 0.0807. The van der Waals surface area contributed by atoms with E-state index < -0.39 is 0 Å². The molecule has 1 aromatic rings. The van der Waals surface area contributed by atoms with E-state index in [-0.39, 0.29) is 24.3 Å². The first kappa shape index (κ1) is 16.0. The van der Waals surface area contributed by atoms with Gasteiger partial charge in [-0.05, 0) is 37.1 Å². The van der Waals surface area contributed by atoms with Crippen LogP contribution in [-0.4, -0.2) is 36.8 Å². The predicted octanol–water partition coefficient (Wildman–Crippen LogP) is 2.12. The van der Waals surface area contributed by atoms with Crippen molar-refractivity contribution in [3.63, 3.8) is 0 Å². The van der Waals surface area contributed by atoms with Gasteiger partial charge in [-0.15, -0.1) is 0 Å². The Hall–Kier alpha value is -1.92. The summed E-state index contributed by atoms with van der Waals surface area (Å²) in [7, 11) is 0. The molecule has 6 nitrogen and oxygen atoms in total. The molecule has 1 saturated heterocycles. The van der Waals surface area contributed by atoms with Crippen LogP contribution in [0.15, 0.2) is 29.4 Å². The van der Waals surface area contributed by atoms with Gasteiger partial charge < -0.3 is 10.1 Å². The topological polar surface area (TPSA) is 71.0 Å². The van der Waals surface area contributed by atoms with Gasteiger partial charge in [-0.3, -0.25) is 9.59 Å². The van der Waals surface area contributed by atoms with E-state index in [0.717, 1.165) is 19.4 Å². The molecule has 0 radical (unpaired) electrons. The number of hydrogen-bond acceptors (Lipinski definition) is 4. The summed E-state index contributed by atoms with van der Waals surface area (Å²) in [4.78, 5) is 24.3. The molecule has 0 spiro atoms. The number of nitrogens with zero attached hydrogens (tertiary/aromatic N) is 2. The number of halogens is 1. The normalized spacial score (nSPS) is 21.3. The third-order valence-corrected chi connectivity index (χ3v) is 4.13. The standard InChI is InChI=1S/C16H18ClN3O3/c17-11-3-5-12(6-4-11)20-15(21)8-7-14(19-20)16(22)18-10-13-2-1-9-23-13/h3-6,13H,1-2,7-10H2,(H,18,22). The van der Waals surface area contributed by atoms with Crippen LogP contribution in [0.2, 0.25) is 5.02 Å². The Morgan fingerprint density at radius 2 is 2.13 bits per heavy atom.